The third kappa shape index (κ3) is 3.76. The Hall–Kier alpha value is -2.47. The van der Waals surface area contributed by atoms with E-state index in [1.165, 1.54) is 7.11 Å². The highest BCUT2D eigenvalue weighted by molar-refractivity contribution is 5.85. The van der Waals surface area contributed by atoms with E-state index in [0.717, 1.165) is 10.9 Å². The number of benzene rings is 1. The Kier molecular flexibility index (Phi) is 4.84. The molecule has 0 aliphatic rings. The number of ether oxygens (including phenoxy) is 1. The molecule has 1 amide bonds. The van der Waals surface area contributed by atoms with Gasteiger partial charge in [-0.1, -0.05) is 24.3 Å². The van der Waals surface area contributed by atoms with Gasteiger partial charge in [0.05, 0.1) is 12.6 Å². The van der Waals surface area contributed by atoms with Crippen LogP contribution in [0.5, 0.6) is 0 Å². The van der Waals surface area contributed by atoms with E-state index in [0.29, 0.717) is 5.69 Å². The first-order valence-corrected chi connectivity index (χ1v) is 6.46. The van der Waals surface area contributed by atoms with Crippen molar-refractivity contribution in [1.29, 1.82) is 0 Å². The lowest BCUT2D eigenvalue weighted by Crippen LogP contribution is -2.44. The summed E-state index contributed by atoms with van der Waals surface area (Å²) < 4.78 is 4.65. The number of para-hydroxylation sites is 1. The molecule has 0 aliphatic heterocycles. The number of fused-ring (bicyclic) bond motifs is 1. The van der Waals surface area contributed by atoms with Crippen molar-refractivity contribution in [3.8, 4) is 0 Å². The second-order valence-electron chi connectivity index (χ2n) is 4.50. The number of hydrogen-bond acceptors (Lipinski definition) is 5. The van der Waals surface area contributed by atoms with Crippen molar-refractivity contribution in [2.24, 2.45) is 0 Å². The number of amides is 1. The maximum atomic E-state index is 11.7. The zero-order chi connectivity index (χ0) is 15.2. The van der Waals surface area contributed by atoms with Crippen molar-refractivity contribution in [3.05, 3.63) is 42.1 Å². The molecule has 6 nitrogen and oxygen atoms in total. The van der Waals surface area contributed by atoms with Gasteiger partial charge in [0.2, 0.25) is 5.91 Å². The van der Waals surface area contributed by atoms with Gasteiger partial charge in [-0.3, -0.25) is 9.78 Å². The van der Waals surface area contributed by atoms with Crippen molar-refractivity contribution in [2.45, 2.75) is 12.5 Å². The quantitative estimate of drug-likeness (QED) is 0.779. The van der Waals surface area contributed by atoms with Gasteiger partial charge in [0, 0.05) is 17.5 Å². The molecule has 0 aliphatic carbocycles. The van der Waals surface area contributed by atoms with E-state index in [1.54, 1.807) is 6.07 Å². The maximum Gasteiger partial charge on any atom is 0.328 e. The molecule has 0 saturated carbocycles. The number of nitrogens with zero attached hydrogens (tertiary/aromatic N) is 1. The minimum absolute atomic E-state index is 0.198. The number of carbonyl (C=O) groups is 2. The Bertz CT molecular complexity index is 657. The molecule has 1 aromatic heterocycles. The first-order chi connectivity index (χ1) is 10.1. The molecule has 110 valence electrons. The number of aliphatic hydroxyl groups is 1. The summed E-state index contributed by atoms with van der Waals surface area (Å²) in [7, 11) is 1.24. The van der Waals surface area contributed by atoms with Crippen LogP contribution in [0.15, 0.2) is 36.4 Å². The van der Waals surface area contributed by atoms with Crippen LogP contribution in [0, 0.1) is 0 Å². The van der Waals surface area contributed by atoms with Crippen LogP contribution in [0.25, 0.3) is 10.9 Å². The summed E-state index contributed by atoms with van der Waals surface area (Å²) in [5.41, 5.74) is 1.47. The van der Waals surface area contributed by atoms with Crippen LogP contribution in [0.2, 0.25) is 0 Å². The molecular formula is C15H16N2O4. The Morgan fingerprint density at radius 2 is 2.05 bits per heavy atom. The third-order valence-corrected chi connectivity index (χ3v) is 3.03. The van der Waals surface area contributed by atoms with Crippen LogP contribution in [0.1, 0.15) is 5.69 Å². The van der Waals surface area contributed by atoms with Crippen LogP contribution >= 0.6 is 0 Å². The molecule has 0 spiro atoms. The lowest BCUT2D eigenvalue weighted by atomic mass is 10.1. The molecule has 0 saturated heterocycles. The maximum absolute atomic E-state index is 11.7. The predicted octanol–water partition coefficient (Wildman–Crippen LogP) is 0.427. The smallest absolute Gasteiger partial charge is 0.328 e. The molecule has 1 atom stereocenters. The summed E-state index contributed by atoms with van der Waals surface area (Å²) in [5.74, 6) is -1.21. The summed E-state index contributed by atoms with van der Waals surface area (Å²) in [6.45, 7) is -0.682. The highest BCUT2D eigenvalue weighted by atomic mass is 16.5. The van der Waals surface area contributed by atoms with E-state index in [1.807, 2.05) is 30.3 Å². The van der Waals surface area contributed by atoms with E-state index in [-0.39, 0.29) is 6.42 Å². The average molecular weight is 288 g/mol. The number of aromatic nitrogens is 1. The second-order valence-corrected chi connectivity index (χ2v) is 4.50. The number of aliphatic hydroxyl groups excluding tert-OH is 1. The Labute approximate surface area is 121 Å². The largest absolute Gasteiger partial charge is 0.467 e. The van der Waals surface area contributed by atoms with Crippen LogP contribution in [0.3, 0.4) is 0 Å². The molecule has 21 heavy (non-hydrogen) atoms. The highest BCUT2D eigenvalue weighted by Gasteiger charge is 2.22. The number of hydrogen-bond donors (Lipinski definition) is 2. The number of pyridine rings is 1. The molecule has 0 radical (unpaired) electrons. The summed E-state index contributed by atoms with van der Waals surface area (Å²) >= 11 is 0. The normalized spacial score (nSPS) is 11.9. The fraction of sp³-hybridized carbons (Fsp3) is 0.267. The number of nitrogens with one attached hydrogen (secondary N) is 1. The second kappa shape index (κ2) is 6.81. The Morgan fingerprint density at radius 1 is 1.29 bits per heavy atom. The fourth-order valence-electron chi connectivity index (χ4n) is 2.01. The molecule has 1 aromatic carbocycles. The zero-order valence-electron chi connectivity index (χ0n) is 11.6. The van der Waals surface area contributed by atoms with Crippen LogP contribution in [-0.4, -0.2) is 41.7 Å². The van der Waals surface area contributed by atoms with E-state index in [2.05, 4.69) is 15.0 Å². The van der Waals surface area contributed by atoms with E-state index < -0.39 is 24.5 Å². The topological polar surface area (TPSA) is 88.5 Å². The van der Waals surface area contributed by atoms with E-state index >= 15 is 0 Å². The molecule has 0 unspecified atom stereocenters. The predicted molar refractivity (Wildman–Crippen MR) is 76.5 cm³/mol. The van der Waals surface area contributed by atoms with Gasteiger partial charge in [-0.2, -0.15) is 0 Å². The molecule has 2 aromatic rings. The molecular weight excluding hydrogens is 272 g/mol. The number of esters is 1. The molecule has 1 heterocycles. The Balaban J connectivity index is 2.20. The van der Waals surface area contributed by atoms with Gasteiger partial charge in [0.1, 0.15) is 12.6 Å². The minimum Gasteiger partial charge on any atom is -0.467 e. The van der Waals surface area contributed by atoms with E-state index in [9.17, 15) is 9.59 Å². The Morgan fingerprint density at radius 3 is 2.76 bits per heavy atom. The molecule has 2 N–H and O–H groups in total. The first-order valence-electron chi connectivity index (χ1n) is 6.46. The van der Waals surface area contributed by atoms with Gasteiger partial charge in [0.15, 0.2) is 0 Å². The first kappa shape index (κ1) is 14.9. The lowest BCUT2D eigenvalue weighted by molar-refractivity contribution is -0.145. The molecule has 0 fully saturated rings. The summed E-state index contributed by atoms with van der Waals surface area (Å²) in [6.07, 6.45) is 0.198. The molecule has 2 rings (SSSR count). The van der Waals surface area contributed by atoms with Gasteiger partial charge in [-0.05, 0) is 12.1 Å². The zero-order valence-corrected chi connectivity index (χ0v) is 11.6. The van der Waals surface area contributed by atoms with Crippen LogP contribution in [0.4, 0.5) is 0 Å². The molecule has 6 heteroatoms. The summed E-state index contributed by atoms with van der Waals surface area (Å²) in [4.78, 5) is 27.4. The van der Waals surface area contributed by atoms with Crippen molar-refractivity contribution >= 4 is 22.8 Å². The summed E-state index contributed by atoms with van der Waals surface area (Å²) in [6, 6.07) is 10.4. The number of carbonyl (C=O) groups excluding carboxylic acids is 2. The van der Waals surface area contributed by atoms with E-state index in [4.69, 9.17) is 5.11 Å². The summed E-state index contributed by atoms with van der Waals surface area (Å²) in [5, 5.41) is 12.2. The standard InChI is InChI=1S/C15H16N2O4/c1-21-15(20)13(17-14(19)9-18)8-11-7-6-10-4-2-3-5-12(10)16-11/h2-7,13,18H,8-9H2,1H3,(H,17,19)/t13-/m0/s1. The van der Waals surface area contributed by atoms with Crippen molar-refractivity contribution in [1.82, 2.24) is 10.3 Å². The van der Waals surface area contributed by atoms with Crippen molar-refractivity contribution in [3.63, 3.8) is 0 Å². The van der Waals surface area contributed by atoms with Gasteiger partial charge in [0.25, 0.3) is 0 Å². The number of rotatable bonds is 5. The fourth-order valence-corrected chi connectivity index (χ4v) is 2.01. The number of methoxy groups -OCH3 is 1. The minimum atomic E-state index is -0.872. The molecule has 0 bridgehead atoms. The lowest BCUT2D eigenvalue weighted by Gasteiger charge is -2.15. The van der Waals surface area contributed by atoms with Gasteiger partial charge >= 0.3 is 5.97 Å². The third-order valence-electron chi connectivity index (χ3n) is 3.03. The van der Waals surface area contributed by atoms with Crippen molar-refractivity contribution in [2.75, 3.05) is 13.7 Å². The van der Waals surface area contributed by atoms with Crippen molar-refractivity contribution < 1.29 is 19.4 Å². The SMILES string of the molecule is COC(=O)[C@H](Cc1ccc2ccccc2n1)NC(=O)CO. The van der Waals surface area contributed by atoms with Gasteiger partial charge < -0.3 is 15.2 Å². The van der Waals surface area contributed by atoms with Gasteiger partial charge in [-0.25, -0.2) is 4.79 Å². The van der Waals surface area contributed by atoms with Crippen LogP contribution < -0.4 is 5.32 Å². The van der Waals surface area contributed by atoms with Gasteiger partial charge in [-0.15, -0.1) is 0 Å². The van der Waals surface area contributed by atoms with Crippen LogP contribution in [-0.2, 0) is 20.7 Å². The highest BCUT2D eigenvalue weighted by Crippen LogP contribution is 2.13. The average Bonchev–Trinajstić information content (AvgIpc) is 2.53. The monoisotopic (exact) mass is 288 g/mol.